The Morgan fingerprint density at radius 2 is 1.33 bits per heavy atom. The molecule has 0 aromatic heterocycles. The number of halogens is 8. The van der Waals surface area contributed by atoms with Gasteiger partial charge in [-0.25, -0.2) is 17.6 Å². The Labute approximate surface area is 79.6 Å². The number of rotatable bonds is 5. The fraction of sp³-hybridized carbons (Fsp3) is 0.714. The molecule has 0 spiro atoms. The van der Waals surface area contributed by atoms with Gasteiger partial charge in [0.25, 0.3) is 6.43 Å². The van der Waals surface area contributed by atoms with E-state index < -0.39 is 36.7 Å². The third kappa shape index (κ3) is 2.60. The largest absolute Gasteiger partial charge is 0.347 e. The minimum absolute atomic E-state index is 0.627. The first kappa shape index (κ1) is 14.2. The Balaban J connectivity index is 4.95. The standard InChI is InChI=1S/C7H6F8/c1-2-6(12,13)7(14,15)4(9)3(8)5(10)11/h2-5H,1H2. The van der Waals surface area contributed by atoms with E-state index >= 15 is 0 Å². The molecule has 0 saturated heterocycles. The van der Waals surface area contributed by atoms with Crippen LogP contribution < -0.4 is 0 Å². The average Bonchev–Trinajstić information content (AvgIpc) is 2.14. The SMILES string of the molecule is C=CC(F)(F)C(F)(F)C(F)C(F)C(F)F. The van der Waals surface area contributed by atoms with Gasteiger partial charge in [0, 0.05) is 0 Å². The smallest absolute Gasteiger partial charge is 0.238 e. The molecule has 0 aliphatic carbocycles. The van der Waals surface area contributed by atoms with Crippen LogP contribution >= 0.6 is 0 Å². The molecule has 0 aromatic carbocycles. The maximum atomic E-state index is 12.4. The van der Waals surface area contributed by atoms with E-state index in [1.807, 2.05) is 0 Å². The van der Waals surface area contributed by atoms with Gasteiger partial charge in [0.05, 0.1) is 0 Å². The maximum absolute atomic E-state index is 12.4. The molecule has 0 aromatic rings. The van der Waals surface area contributed by atoms with Crippen LogP contribution in [0.1, 0.15) is 0 Å². The summed E-state index contributed by atoms with van der Waals surface area (Å²) in [6, 6.07) is 0. The summed E-state index contributed by atoms with van der Waals surface area (Å²) in [5.41, 5.74) is 0. The van der Waals surface area contributed by atoms with E-state index in [1.165, 1.54) is 0 Å². The number of hydrogen-bond donors (Lipinski definition) is 0. The highest BCUT2D eigenvalue weighted by Gasteiger charge is 2.63. The summed E-state index contributed by atoms with van der Waals surface area (Å²) < 4.78 is 96.9. The molecule has 0 bridgehead atoms. The van der Waals surface area contributed by atoms with Gasteiger partial charge in [-0.05, 0) is 6.08 Å². The monoisotopic (exact) mass is 242 g/mol. The van der Waals surface area contributed by atoms with Gasteiger partial charge in [-0.15, -0.1) is 0 Å². The van der Waals surface area contributed by atoms with E-state index in [0.29, 0.717) is 0 Å². The molecule has 0 amide bonds. The van der Waals surface area contributed by atoms with Crippen molar-refractivity contribution in [3.63, 3.8) is 0 Å². The Kier molecular flexibility index (Phi) is 4.12. The van der Waals surface area contributed by atoms with Crippen molar-refractivity contribution in [1.29, 1.82) is 0 Å². The molecule has 15 heavy (non-hydrogen) atoms. The van der Waals surface area contributed by atoms with E-state index in [0.717, 1.165) is 0 Å². The van der Waals surface area contributed by atoms with E-state index in [1.54, 1.807) is 0 Å². The second-order valence-electron chi connectivity index (χ2n) is 2.63. The summed E-state index contributed by atoms with van der Waals surface area (Å²) >= 11 is 0. The molecule has 0 rings (SSSR count). The lowest BCUT2D eigenvalue weighted by Gasteiger charge is -2.28. The summed E-state index contributed by atoms with van der Waals surface area (Å²) in [4.78, 5) is 0. The first-order valence-corrected chi connectivity index (χ1v) is 3.53. The predicted molar refractivity (Wildman–Crippen MR) is 35.9 cm³/mol. The van der Waals surface area contributed by atoms with Crippen molar-refractivity contribution >= 4 is 0 Å². The van der Waals surface area contributed by atoms with E-state index in [9.17, 15) is 35.1 Å². The quantitative estimate of drug-likeness (QED) is 0.512. The molecular weight excluding hydrogens is 236 g/mol. The molecule has 8 heteroatoms. The molecule has 2 atom stereocenters. The molecule has 2 unspecified atom stereocenters. The van der Waals surface area contributed by atoms with Crippen LogP contribution in [-0.2, 0) is 0 Å². The Morgan fingerprint density at radius 1 is 0.933 bits per heavy atom. The fourth-order valence-electron chi connectivity index (χ4n) is 0.648. The molecule has 0 fully saturated rings. The van der Waals surface area contributed by atoms with Crippen LogP contribution in [0.25, 0.3) is 0 Å². The second-order valence-corrected chi connectivity index (χ2v) is 2.63. The first-order valence-electron chi connectivity index (χ1n) is 3.53. The van der Waals surface area contributed by atoms with Crippen molar-refractivity contribution in [3.05, 3.63) is 12.7 Å². The molecule has 90 valence electrons. The summed E-state index contributed by atoms with van der Waals surface area (Å²) in [7, 11) is 0. The topological polar surface area (TPSA) is 0 Å². The molecule has 0 saturated carbocycles. The van der Waals surface area contributed by atoms with Gasteiger partial charge in [-0.3, -0.25) is 0 Å². The number of allylic oxidation sites excluding steroid dienone is 1. The number of hydrogen-bond acceptors (Lipinski definition) is 0. The van der Waals surface area contributed by atoms with Crippen molar-refractivity contribution < 1.29 is 35.1 Å². The zero-order chi connectivity index (χ0) is 12.4. The highest BCUT2D eigenvalue weighted by Crippen LogP contribution is 2.41. The summed E-state index contributed by atoms with van der Waals surface area (Å²) in [6.45, 7) is 2.28. The van der Waals surface area contributed by atoms with Crippen molar-refractivity contribution in [1.82, 2.24) is 0 Å². The molecule has 0 heterocycles. The van der Waals surface area contributed by atoms with Crippen molar-refractivity contribution in [2.75, 3.05) is 0 Å². The van der Waals surface area contributed by atoms with E-state index in [4.69, 9.17) is 0 Å². The van der Waals surface area contributed by atoms with Crippen LogP contribution in [-0.4, -0.2) is 30.6 Å². The zero-order valence-corrected chi connectivity index (χ0v) is 7.04. The second kappa shape index (κ2) is 4.36. The van der Waals surface area contributed by atoms with Gasteiger partial charge in [0.1, 0.15) is 0 Å². The first-order chi connectivity index (χ1) is 6.58. The fourth-order valence-corrected chi connectivity index (χ4v) is 0.648. The van der Waals surface area contributed by atoms with Crippen molar-refractivity contribution in [2.24, 2.45) is 0 Å². The van der Waals surface area contributed by atoms with E-state index in [-0.39, 0.29) is 0 Å². The van der Waals surface area contributed by atoms with Crippen molar-refractivity contribution in [2.45, 2.75) is 30.6 Å². The van der Waals surface area contributed by atoms with Gasteiger partial charge in [-0.1, -0.05) is 6.58 Å². The predicted octanol–water partition coefficient (Wildman–Crippen LogP) is 3.38. The highest BCUT2D eigenvalue weighted by molar-refractivity contribution is 5.04. The molecule has 0 aliphatic heterocycles. The minimum atomic E-state index is -5.56. The summed E-state index contributed by atoms with van der Waals surface area (Å²) in [5.74, 6) is -10.7. The van der Waals surface area contributed by atoms with Gasteiger partial charge in [-0.2, -0.15) is 17.6 Å². The van der Waals surface area contributed by atoms with Crippen LogP contribution in [0.4, 0.5) is 35.1 Å². The van der Waals surface area contributed by atoms with E-state index in [2.05, 4.69) is 6.58 Å². The lowest BCUT2D eigenvalue weighted by atomic mass is 10.0. The lowest BCUT2D eigenvalue weighted by Crippen LogP contribution is -2.51. The van der Waals surface area contributed by atoms with Crippen LogP contribution in [0, 0.1) is 0 Å². The highest BCUT2D eigenvalue weighted by atomic mass is 19.3. The Hall–Kier alpha value is -0.820. The third-order valence-electron chi connectivity index (χ3n) is 1.57. The normalized spacial score (nSPS) is 17.7. The molecule has 0 N–H and O–H groups in total. The van der Waals surface area contributed by atoms with Crippen LogP contribution in [0.15, 0.2) is 12.7 Å². The van der Waals surface area contributed by atoms with Gasteiger partial charge >= 0.3 is 11.8 Å². The summed E-state index contributed by atoms with van der Waals surface area (Å²) in [5, 5.41) is 0. The van der Waals surface area contributed by atoms with Gasteiger partial charge in [0.2, 0.25) is 6.17 Å². The zero-order valence-electron chi connectivity index (χ0n) is 7.04. The molecule has 0 radical (unpaired) electrons. The number of alkyl halides is 8. The summed E-state index contributed by atoms with van der Waals surface area (Å²) in [6.07, 6.45) is -13.0. The van der Waals surface area contributed by atoms with Crippen LogP contribution in [0.2, 0.25) is 0 Å². The lowest BCUT2D eigenvalue weighted by molar-refractivity contribution is -0.232. The van der Waals surface area contributed by atoms with Gasteiger partial charge in [0.15, 0.2) is 6.17 Å². The third-order valence-corrected chi connectivity index (χ3v) is 1.57. The van der Waals surface area contributed by atoms with Crippen LogP contribution in [0.3, 0.4) is 0 Å². The maximum Gasteiger partial charge on any atom is 0.347 e. The Morgan fingerprint density at radius 3 is 1.60 bits per heavy atom. The molecular formula is C7H6F8. The van der Waals surface area contributed by atoms with Crippen LogP contribution in [0.5, 0.6) is 0 Å². The molecule has 0 aliphatic rings. The van der Waals surface area contributed by atoms with Gasteiger partial charge < -0.3 is 0 Å². The average molecular weight is 242 g/mol. The van der Waals surface area contributed by atoms with Crippen molar-refractivity contribution in [3.8, 4) is 0 Å². The Bertz CT molecular complexity index is 223. The minimum Gasteiger partial charge on any atom is -0.238 e. The molecule has 0 nitrogen and oxygen atoms in total.